The number of carbonyl (C=O) groups excluding carboxylic acids is 1. The molecule has 2 rings (SSSR count). The smallest absolute Gasteiger partial charge is 0.252 e. The fraction of sp³-hybridized carbons (Fsp3) is 0.500. The predicted octanol–water partition coefficient (Wildman–Crippen LogP) is 2.11. The molecule has 0 spiro atoms. The molecule has 5 heteroatoms. The van der Waals surface area contributed by atoms with E-state index >= 15 is 0 Å². The Balaban J connectivity index is 1.98. The van der Waals surface area contributed by atoms with Crippen LogP contribution in [0.1, 0.15) is 34.5 Å². The van der Waals surface area contributed by atoms with Crippen molar-refractivity contribution in [3.05, 3.63) is 21.9 Å². The molecule has 1 aromatic rings. The third kappa shape index (κ3) is 3.75. The molecule has 1 amide bonds. The Morgan fingerprint density at radius 2 is 2.47 bits per heavy atom. The Bertz CT molecular complexity index is 501. The highest BCUT2D eigenvalue weighted by molar-refractivity contribution is 7.99. The molecule has 102 valence electrons. The Kier molecular flexibility index (Phi) is 5.32. The first-order valence-corrected chi connectivity index (χ1v) is 8.43. The van der Waals surface area contributed by atoms with E-state index in [1.54, 1.807) is 6.07 Å². The Morgan fingerprint density at radius 1 is 1.63 bits per heavy atom. The summed E-state index contributed by atoms with van der Waals surface area (Å²) in [6.07, 6.45) is 5.54. The van der Waals surface area contributed by atoms with Crippen molar-refractivity contribution in [3.8, 4) is 11.8 Å². The fourth-order valence-electron chi connectivity index (χ4n) is 2.27. The van der Waals surface area contributed by atoms with Gasteiger partial charge in [-0.2, -0.15) is 11.8 Å². The van der Waals surface area contributed by atoms with Crippen LogP contribution >= 0.6 is 23.1 Å². The Hall–Kier alpha value is -0.960. The maximum Gasteiger partial charge on any atom is 0.252 e. The topological polar surface area (TPSA) is 49.3 Å². The highest BCUT2D eigenvalue weighted by Crippen LogP contribution is 2.28. The van der Waals surface area contributed by atoms with Crippen molar-refractivity contribution in [1.82, 2.24) is 5.32 Å². The summed E-state index contributed by atoms with van der Waals surface area (Å²) in [5, 5.41) is 14.1. The van der Waals surface area contributed by atoms with Gasteiger partial charge in [-0.1, -0.05) is 18.3 Å². The van der Waals surface area contributed by atoms with Crippen LogP contribution in [0.3, 0.4) is 0 Å². The van der Waals surface area contributed by atoms with Crippen LogP contribution in [0.25, 0.3) is 0 Å². The number of carbonyl (C=O) groups is 1. The molecule has 19 heavy (non-hydrogen) atoms. The van der Waals surface area contributed by atoms with E-state index in [4.69, 9.17) is 5.11 Å². The van der Waals surface area contributed by atoms with Gasteiger partial charge >= 0.3 is 0 Å². The summed E-state index contributed by atoms with van der Waals surface area (Å²) in [5.41, 5.74) is 0.666. The van der Waals surface area contributed by atoms with E-state index in [2.05, 4.69) is 23.4 Å². The molecule has 2 atom stereocenters. The van der Waals surface area contributed by atoms with Gasteiger partial charge in [-0.15, -0.1) is 11.3 Å². The van der Waals surface area contributed by atoms with E-state index in [1.807, 2.05) is 17.1 Å². The van der Waals surface area contributed by atoms with Crippen molar-refractivity contribution in [1.29, 1.82) is 0 Å². The lowest BCUT2D eigenvalue weighted by Crippen LogP contribution is -2.38. The van der Waals surface area contributed by atoms with E-state index in [0.717, 1.165) is 11.3 Å². The number of hydrogen-bond donors (Lipinski definition) is 2. The Labute approximate surface area is 121 Å². The average Bonchev–Trinajstić information content (AvgIpc) is 3.04. The lowest BCUT2D eigenvalue weighted by Gasteiger charge is -2.18. The van der Waals surface area contributed by atoms with Gasteiger partial charge in [-0.25, -0.2) is 0 Å². The number of aliphatic hydroxyl groups excluding tert-OH is 1. The molecular weight excluding hydrogens is 278 g/mol. The van der Waals surface area contributed by atoms with Gasteiger partial charge in [0.1, 0.15) is 6.61 Å². The summed E-state index contributed by atoms with van der Waals surface area (Å²) < 4.78 is 0. The largest absolute Gasteiger partial charge is 0.384 e. The average molecular weight is 295 g/mol. The van der Waals surface area contributed by atoms with Gasteiger partial charge < -0.3 is 10.4 Å². The lowest BCUT2D eigenvalue weighted by molar-refractivity contribution is 0.0939. The molecule has 0 aromatic carbocycles. The molecule has 3 nitrogen and oxygen atoms in total. The van der Waals surface area contributed by atoms with Gasteiger partial charge in [0.15, 0.2) is 0 Å². The molecule has 1 fully saturated rings. The summed E-state index contributed by atoms with van der Waals surface area (Å²) >= 11 is 3.26. The number of thiophene rings is 1. The van der Waals surface area contributed by atoms with E-state index in [9.17, 15) is 4.79 Å². The van der Waals surface area contributed by atoms with Gasteiger partial charge in [0, 0.05) is 16.7 Å². The molecule has 2 N–H and O–H groups in total. The molecule has 2 unspecified atom stereocenters. The number of hydrogen-bond acceptors (Lipinski definition) is 4. The fourth-order valence-corrected chi connectivity index (χ4v) is 3.96. The zero-order valence-corrected chi connectivity index (χ0v) is 12.4. The van der Waals surface area contributed by atoms with Crippen LogP contribution in [0.5, 0.6) is 0 Å². The van der Waals surface area contributed by atoms with Crippen molar-refractivity contribution in [2.24, 2.45) is 0 Å². The summed E-state index contributed by atoms with van der Waals surface area (Å²) in [6.45, 7) is -0.156. The van der Waals surface area contributed by atoms with Crippen LogP contribution in [0.2, 0.25) is 0 Å². The summed E-state index contributed by atoms with van der Waals surface area (Å²) in [6, 6.07) is 2.07. The predicted molar refractivity (Wildman–Crippen MR) is 80.7 cm³/mol. The first-order valence-electron chi connectivity index (χ1n) is 6.26. The minimum atomic E-state index is -0.156. The lowest BCUT2D eigenvalue weighted by atomic mass is 10.2. The van der Waals surface area contributed by atoms with E-state index in [1.165, 1.54) is 24.2 Å². The summed E-state index contributed by atoms with van der Waals surface area (Å²) in [4.78, 5) is 13.0. The second kappa shape index (κ2) is 6.99. The van der Waals surface area contributed by atoms with E-state index in [0.29, 0.717) is 10.8 Å². The zero-order chi connectivity index (χ0) is 13.7. The molecule has 1 aliphatic rings. The normalized spacial score (nSPS) is 21.8. The van der Waals surface area contributed by atoms with E-state index < -0.39 is 0 Å². The SMILES string of the molecule is CSC1CCCC1NC(=O)c1csc(C#CCO)c1. The highest BCUT2D eigenvalue weighted by atomic mass is 32.2. The molecule has 0 radical (unpaired) electrons. The summed E-state index contributed by atoms with van der Waals surface area (Å²) in [7, 11) is 0. The van der Waals surface area contributed by atoms with Crippen LogP contribution in [-0.4, -0.2) is 35.2 Å². The molecule has 0 saturated heterocycles. The van der Waals surface area contributed by atoms with Crippen molar-refractivity contribution in [2.75, 3.05) is 12.9 Å². The molecule has 0 aliphatic heterocycles. The standard InChI is InChI=1S/C14H17NO2S2/c1-18-13-6-2-5-12(13)15-14(17)10-8-11(19-9-10)4-3-7-16/h8-9,12-13,16H,2,5-7H2,1H3,(H,15,17). The van der Waals surface area contributed by atoms with Crippen LogP contribution in [0, 0.1) is 11.8 Å². The molecule has 1 heterocycles. The highest BCUT2D eigenvalue weighted by Gasteiger charge is 2.28. The number of nitrogens with one attached hydrogen (secondary N) is 1. The maximum atomic E-state index is 12.1. The number of aliphatic hydroxyl groups is 1. The van der Waals surface area contributed by atoms with E-state index in [-0.39, 0.29) is 18.6 Å². The molecule has 1 saturated carbocycles. The quantitative estimate of drug-likeness (QED) is 0.840. The third-order valence-electron chi connectivity index (χ3n) is 3.22. The van der Waals surface area contributed by atoms with Gasteiger partial charge in [-0.05, 0) is 25.2 Å². The first kappa shape index (κ1) is 14.4. The van der Waals surface area contributed by atoms with Crippen molar-refractivity contribution in [3.63, 3.8) is 0 Å². The second-order valence-electron chi connectivity index (χ2n) is 4.44. The van der Waals surface area contributed by atoms with Crippen molar-refractivity contribution < 1.29 is 9.90 Å². The molecule has 1 aliphatic carbocycles. The van der Waals surface area contributed by atoms with Crippen LogP contribution in [0.15, 0.2) is 11.4 Å². The maximum absolute atomic E-state index is 12.1. The number of rotatable bonds is 3. The second-order valence-corrected chi connectivity index (χ2v) is 6.43. The van der Waals surface area contributed by atoms with Crippen LogP contribution < -0.4 is 5.32 Å². The Morgan fingerprint density at radius 3 is 3.21 bits per heavy atom. The third-order valence-corrected chi connectivity index (χ3v) is 5.24. The molecular formula is C14H17NO2S2. The number of thioether (sulfide) groups is 1. The minimum Gasteiger partial charge on any atom is -0.384 e. The molecule has 1 aromatic heterocycles. The van der Waals surface area contributed by atoms with Gasteiger partial charge in [-0.3, -0.25) is 4.79 Å². The van der Waals surface area contributed by atoms with Crippen molar-refractivity contribution >= 4 is 29.0 Å². The van der Waals surface area contributed by atoms with Gasteiger partial charge in [0.05, 0.1) is 10.4 Å². The van der Waals surface area contributed by atoms with Crippen LogP contribution in [-0.2, 0) is 0 Å². The zero-order valence-electron chi connectivity index (χ0n) is 10.8. The molecule has 0 bridgehead atoms. The van der Waals surface area contributed by atoms with Crippen LogP contribution in [0.4, 0.5) is 0 Å². The van der Waals surface area contributed by atoms with Gasteiger partial charge in [0.25, 0.3) is 5.91 Å². The first-order chi connectivity index (χ1) is 9.24. The number of amides is 1. The monoisotopic (exact) mass is 295 g/mol. The minimum absolute atomic E-state index is 0.0146. The van der Waals surface area contributed by atoms with Gasteiger partial charge in [0.2, 0.25) is 0 Å². The van der Waals surface area contributed by atoms with Crippen molar-refractivity contribution in [2.45, 2.75) is 30.6 Å². The summed E-state index contributed by atoms with van der Waals surface area (Å²) in [5.74, 6) is 5.39.